The summed E-state index contributed by atoms with van der Waals surface area (Å²) in [5.41, 5.74) is 3.02. The highest BCUT2D eigenvalue weighted by molar-refractivity contribution is 5.87. The van der Waals surface area contributed by atoms with Gasteiger partial charge < -0.3 is 19.6 Å². The smallest absolute Gasteiger partial charge is 0.318 e. The van der Waals surface area contributed by atoms with E-state index in [1.165, 1.54) is 12.1 Å². The quantitative estimate of drug-likeness (QED) is 0.234. The van der Waals surface area contributed by atoms with Crippen molar-refractivity contribution >= 4 is 11.7 Å². The summed E-state index contributed by atoms with van der Waals surface area (Å²) in [4.78, 5) is 35.1. The molecule has 280 valence electrons. The SMILES string of the molecule is C#Cc1c(F)ccc2c1[C@@H](N1CCc3c(nc(OC[C@]4(C)C[C@@H](F)CN4Cc4ccncc4)nc3N(C)C[C@@H]3CCCN3C(=O)C=C)C1)C[C@@](C)(O)C2. The van der Waals surface area contributed by atoms with E-state index < -0.39 is 23.1 Å². The molecule has 1 aliphatic carbocycles. The Labute approximate surface area is 310 Å². The van der Waals surface area contributed by atoms with E-state index in [0.29, 0.717) is 65.0 Å². The molecule has 12 heteroatoms. The maximum absolute atomic E-state index is 15.1. The van der Waals surface area contributed by atoms with Gasteiger partial charge in [0.05, 0.1) is 22.4 Å². The van der Waals surface area contributed by atoms with Gasteiger partial charge in [-0.2, -0.15) is 9.97 Å². The molecule has 5 heterocycles. The fourth-order valence-electron chi connectivity index (χ4n) is 8.99. The van der Waals surface area contributed by atoms with Crippen LogP contribution in [0.3, 0.4) is 0 Å². The predicted octanol–water partition coefficient (Wildman–Crippen LogP) is 4.78. The molecule has 3 aliphatic heterocycles. The maximum atomic E-state index is 15.1. The first kappa shape index (κ1) is 36.9. The number of terminal acetylenes is 1. The van der Waals surface area contributed by atoms with Crippen molar-refractivity contribution in [2.75, 3.05) is 44.7 Å². The molecule has 0 spiro atoms. The number of likely N-dealkylation sites (N-methyl/N-ethyl adjacent to an activating group) is 1. The highest BCUT2D eigenvalue weighted by atomic mass is 19.1. The number of likely N-dealkylation sites (tertiary alicyclic amines) is 2. The third-order valence-corrected chi connectivity index (χ3v) is 11.6. The number of alkyl halides is 1. The molecule has 2 aromatic heterocycles. The van der Waals surface area contributed by atoms with Gasteiger partial charge in [0.1, 0.15) is 24.4 Å². The third kappa shape index (κ3) is 7.52. The number of fused-ring (bicyclic) bond motifs is 2. The van der Waals surface area contributed by atoms with Crippen molar-refractivity contribution in [3.8, 4) is 18.4 Å². The second kappa shape index (κ2) is 14.8. The summed E-state index contributed by atoms with van der Waals surface area (Å²) in [6.45, 7) is 10.8. The van der Waals surface area contributed by atoms with Gasteiger partial charge in [-0.1, -0.05) is 18.6 Å². The van der Waals surface area contributed by atoms with Crippen molar-refractivity contribution in [1.29, 1.82) is 0 Å². The van der Waals surface area contributed by atoms with Crippen LogP contribution in [0.2, 0.25) is 0 Å². The van der Waals surface area contributed by atoms with Crippen LogP contribution in [0.15, 0.2) is 49.3 Å². The Hall–Kier alpha value is -4.44. The number of anilines is 1. The number of ether oxygens (including phenoxy) is 1. The Balaban J connectivity index is 1.21. The minimum Gasteiger partial charge on any atom is -0.461 e. The van der Waals surface area contributed by atoms with E-state index in [1.54, 1.807) is 18.5 Å². The Morgan fingerprint density at radius 2 is 2.00 bits per heavy atom. The fraction of sp³-hybridized carbons (Fsp3) is 0.512. The lowest BCUT2D eigenvalue weighted by Gasteiger charge is -2.44. The Morgan fingerprint density at radius 1 is 1.21 bits per heavy atom. The molecule has 0 unspecified atom stereocenters. The highest BCUT2D eigenvalue weighted by Gasteiger charge is 2.44. The summed E-state index contributed by atoms with van der Waals surface area (Å²) in [7, 11) is 1.98. The van der Waals surface area contributed by atoms with Crippen molar-refractivity contribution < 1.29 is 23.4 Å². The van der Waals surface area contributed by atoms with Gasteiger partial charge >= 0.3 is 6.01 Å². The van der Waals surface area contributed by atoms with E-state index in [2.05, 4.69) is 32.2 Å². The summed E-state index contributed by atoms with van der Waals surface area (Å²) in [6, 6.07) is 6.86. The molecule has 10 nitrogen and oxygen atoms in total. The predicted molar refractivity (Wildman–Crippen MR) is 198 cm³/mol. The molecule has 0 saturated carbocycles. The minimum absolute atomic E-state index is 0.000688. The lowest BCUT2D eigenvalue weighted by Crippen LogP contribution is -2.46. The van der Waals surface area contributed by atoms with Crippen molar-refractivity contribution in [3.05, 3.63) is 88.6 Å². The van der Waals surface area contributed by atoms with Gasteiger partial charge in [-0.25, -0.2) is 8.78 Å². The summed E-state index contributed by atoms with van der Waals surface area (Å²) >= 11 is 0. The fourth-order valence-corrected chi connectivity index (χ4v) is 8.99. The normalized spacial score (nSPS) is 27.2. The van der Waals surface area contributed by atoms with Gasteiger partial charge in [0, 0.05) is 89.2 Å². The van der Waals surface area contributed by atoms with E-state index in [1.807, 2.05) is 37.9 Å². The van der Waals surface area contributed by atoms with Gasteiger partial charge in [-0.15, -0.1) is 6.42 Å². The highest BCUT2D eigenvalue weighted by Crippen LogP contribution is 2.44. The molecule has 1 amide bonds. The third-order valence-electron chi connectivity index (χ3n) is 11.6. The lowest BCUT2D eigenvalue weighted by molar-refractivity contribution is -0.126. The van der Waals surface area contributed by atoms with Crippen molar-refractivity contribution in [3.63, 3.8) is 0 Å². The minimum atomic E-state index is -1.00. The summed E-state index contributed by atoms with van der Waals surface area (Å²) in [6.07, 6.45) is 13.2. The number of rotatable bonds is 10. The summed E-state index contributed by atoms with van der Waals surface area (Å²) in [5, 5.41) is 11.4. The number of halogens is 2. The number of nitrogens with zero attached hydrogens (tertiary/aromatic N) is 7. The van der Waals surface area contributed by atoms with E-state index >= 15 is 8.78 Å². The first-order valence-corrected chi connectivity index (χ1v) is 18.6. The van der Waals surface area contributed by atoms with E-state index in [-0.39, 0.29) is 36.2 Å². The van der Waals surface area contributed by atoms with Gasteiger partial charge in [0.2, 0.25) is 5.91 Å². The first-order chi connectivity index (χ1) is 25.4. The van der Waals surface area contributed by atoms with Crippen molar-refractivity contribution in [2.24, 2.45) is 0 Å². The number of carbonyl (C=O) groups excluding carboxylic acids is 1. The topological polar surface area (TPSA) is 98.2 Å². The van der Waals surface area contributed by atoms with E-state index in [4.69, 9.17) is 21.1 Å². The van der Waals surface area contributed by atoms with E-state index in [0.717, 1.165) is 46.6 Å². The van der Waals surface area contributed by atoms with Crippen LogP contribution in [0, 0.1) is 18.2 Å². The molecule has 53 heavy (non-hydrogen) atoms. The van der Waals surface area contributed by atoms with Crippen LogP contribution < -0.4 is 9.64 Å². The second-order valence-electron chi connectivity index (χ2n) is 15.7. The number of hydrogen-bond donors (Lipinski definition) is 1. The number of hydrogen-bond acceptors (Lipinski definition) is 9. The molecule has 2 fully saturated rings. The van der Waals surface area contributed by atoms with Crippen molar-refractivity contribution in [2.45, 2.75) is 94.9 Å². The number of pyridine rings is 1. The zero-order valence-corrected chi connectivity index (χ0v) is 30.9. The molecular weight excluding hydrogens is 676 g/mol. The first-order valence-electron chi connectivity index (χ1n) is 18.6. The van der Waals surface area contributed by atoms with Crippen LogP contribution in [0.5, 0.6) is 6.01 Å². The number of amides is 1. The second-order valence-corrected chi connectivity index (χ2v) is 15.7. The van der Waals surface area contributed by atoms with E-state index in [9.17, 15) is 9.90 Å². The molecule has 0 radical (unpaired) electrons. The Morgan fingerprint density at radius 3 is 2.75 bits per heavy atom. The standard InChI is InChI=1S/C41H49F2N7O3/c1-6-31-33(43)11-10-28-19-41(4,52)21-35(37(28)31)48-18-14-32-34(25-48)45-39(46-38(32)47(5)24-30-9-8-17-50(30)36(51)7-2)53-26-40(3)20-29(42)23-49(40)22-27-12-15-44-16-13-27/h1,7,10-13,15-16,29-30,35,52H,2,8-9,14,17-26H2,3-5H3/t29-,30+,35+,40+,41+/m1/s1. The molecule has 0 bridgehead atoms. The van der Waals surface area contributed by atoms with Crippen LogP contribution >= 0.6 is 0 Å². The number of aliphatic hydroxyl groups is 1. The zero-order chi connectivity index (χ0) is 37.5. The van der Waals surface area contributed by atoms with Crippen LogP contribution in [0.1, 0.15) is 79.1 Å². The number of benzene rings is 1. The lowest BCUT2D eigenvalue weighted by atomic mass is 9.75. The molecule has 3 aromatic rings. The average molecular weight is 726 g/mol. The van der Waals surface area contributed by atoms with Crippen LogP contribution in [-0.2, 0) is 30.7 Å². The molecule has 5 atom stereocenters. The van der Waals surface area contributed by atoms with Crippen LogP contribution in [0.25, 0.3) is 0 Å². The Kier molecular flexibility index (Phi) is 10.3. The molecule has 2 saturated heterocycles. The van der Waals surface area contributed by atoms with Gasteiger partial charge in [0.15, 0.2) is 0 Å². The monoisotopic (exact) mass is 725 g/mol. The van der Waals surface area contributed by atoms with Crippen LogP contribution in [-0.4, -0.2) is 104 Å². The number of aromatic nitrogens is 3. The van der Waals surface area contributed by atoms with Gasteiger partial charge in [0.25, 0.3) is 0 Å². The summed E-state index contributed by atoms with van der Waals surface area (Å²) in [5.74, 6) is 2.79. The molecular formula is C41H49F2N7O3. The maximum Gasteiger partial charge on any atom is 0.318 e. The summed E-state index contributed by atoms with van der Waals surface area (Å²) < 4.78 is 36.6. The van der Waals surface area contributed by atoms with Gasteiger partial charge in [-0.05, 0) is 80.5 Å². The van der Waals surface area contributed by atoms with Gasteiger partial charge in [-0.3, -0.25) is 19.6 Å². The van der Waals surface area contributed by atoms with Crippen LogP contribution in [0.4, 0.5) is 14.6 Å². The molecule has 7 rings (SSSR count). The number of carbonyl (C=O) groups is 1. The average Bonchev–Trinajstić information content (AvgIpc) is 3.72. The Bertz CT molecular complexity index is 1900. The zero-order valence-electron chi connectivity index (χ0n) is 30.9. The molecule has 4 aliphatic rings. The van der Waals surface area contributed by atoms with Crippen molar-refractivity contribution in [1.82, 2.24) is 29.7 Å². The molecule has 1 N–H and O–H groups in total. The largest absolute Gasteiger partial charge is 0.461 e. The molecule has 1 aromatic carbocycles.